The van der Waals surface area contributed by atoms with Crippen LogP contribution in [-0.2, 0) is 12.7 Å². The van der Waals surface area contributed by atoms with Gasteiger partial charge in [0.05, 0.1) is 11.8 Å². The van der Waals surface area contributed by atoms with Crippen LogP contribution in [0.15, 0.2) is 60.9 Å². The molecule has 2 aromatic carbocycles. The van der Waals surface area contributed by atoms with Crippen molar-refractivity contribution in [3.8, 4) is 17.2 Å². The number of rotatable bonds is 5. The molecule has 2 aliphatic heterocycles. The molecule has 0 N–H and O–H groups in total. The number of ether oxygens (including phenoxy) is 2. The molecule has 0 atom stereocenters. The topological polar surface area (TPSA) is 54.9 Å². The molecule has 38 heavy (non-hydrogen) atoms. The Morgan fingerprint density at radius 3 is 2.34 bits per heavy atom. The molecule has 0 radical (unpaired) electrons. The highest BCUT2D eigenvalue weighted by Gasteiger charge is 2.45. The van der Waals surface area contributed by atoms with Crippen molar-refractivity contribution in [2.24, 2.45) is 5.41 Å². The van der Waals surface area contributed by atoms with Crippen molar-refractivity contribution in [2.45, 2.75) is 25.6 Å². The number of piperidine rings is 1. The molecule has 2 fully saturated rings. The van der Waals surface area contributed by atoms with E-state index in [0.29, 0.717) is 40.8 Å². The molecule has 0 saturated carbocycles. The van der Waals surface area contributed by atoms with Crippen molar-refractivity contribution in [1.82, 2.24) is 14.8 Å². The van der Waals surface area contributed by atoms with E-state index < -0.39 is 17.8 Å². The van der Waals surface area contributed by atoms with Crippen LogP contribution in [0.3, 0.4) is 0 Å². The normalized spacial score (nSPS) is 17.2. The number of nitrogens with zero attached hydrogens (tertiary/aromatic N) is 3. The quantitative estimate of drug-likeness (QED) is 0.325. The predicted molar refractivity (Wildman–Crippen MR) is 137 cm³/mol. The Morgan fingerprint density at radius 2 is 1.66 bits per heavy atom. The minimum Gasteiger partial charge on any atom is -0.457 e. The summed E-state index contributed by atoms with van der Waals surface area (Å²) in [6.45, 7) is 3.56. The summed E-state index contributed by atoms with van der Waals surface area (Å²) < 4.78 is 49.7. The van der Waals surface area contributed by atoms with Crippen LogP contribution >= 0.6 is 23.2 Å². The summed E-state index contributed by atoms with van der Waals surface area (Å²) in [5.74, 6) is 1.04. The molecule has 2 saturated heterocycles. The number of pyridine rings is 1. The van der Waals surface area contributed by atoms with Crippen LogP contribution in [0.4, 0.5) is 18.0 Å². The summed E-state index contributed by atoms with van der Waals surface area (Å²) >= 11 is 12.1. The Kier molecular flexibility index (Phi) is 7.44. The van der Waals surface area contributed by atoms with E-state index in [1.54, 1.807) is 18.2 Å². The standard InChI is InChI=1S/C27H24Cl2F3N3O3/c28-20-10-21(29)12-23(11-20)37-22-3-1-2-18(8-22)15-34-16-26(17-34)4-6-35(7-5-26)25(36)38-24-9-19(13-33-14-24)27(30,31)32/h1-3,8-14H,4-7,15-17H2. The van der Waals surface area contributed by atoms with Crippen molar-refractivity contribution >= 4 is 29.3 Å². The number of aromatic nitrogens is 1. The van der Waals surface area contributed by atoms with Gasteiger partial charge in [-0.2, -0.15) is 13.2 Å². The van der Waals surface area contributed by atoms with E-state index in [1.165, 1.54) is 4.90 Å². The average Bonchev–Trinajstić information content (AvgIpc) is 2.83. The van der Waals surface area contributed by atoms with Crippen molar-refractivity contribution in [3.63, 3.8) is 0 Å². The van der Waals surface area contributed by atoms with Gasteiger partial charge in [0.15, 0.2) is 5.75 Å². The van der Waals surface area contributed by atoms with Crippen LogP contribution in [-0.4, -0.2) is 47.1 Å². The summed E-state index contributed by atoms with van der Waals surface area (Å²) in [6, 6.07) is 13.7. The third kappa shape index (κ3) is 6.34. The van der Waals surface area contributed by atoms with Gasteiger partial charge in [-0.25, -0.2) is 4.79 Å². The van der Waals surface area contributed by atoms with E-state index >= 15 is 0 Å². The van der Waals surface area contributed by atoms with Crippen LogP contribution in [0.5, 0.6) is 17.2 Å². The summed E-state index contributed by atoms with van der Waals surface area (Å²) in [5.41, 5.74) is 0.280. The molecule has 1 aromatic heterocycles. The number of alkyl halides is 3. The molecule has 1 spiro atoms. The van der Waals surface area contributed by atoms with E-state index in [1.807, 2.05) is 24.3 Å². The first-order valence-electron chi connectivity index (χ1n) is 12.0. The maximum atomic E-state index is 12.9. The lowest BCUT2D eigenvalue weighted by molar-refractivity contribution is -0.137. The largest absolute Gasteiger partial charge is 0.457 e. The zero-order valence-corrected chi connectivity index (χ0v) is 21.7. The smallest absolute Gasteiger partial charge is 0.418 e. The molecule has 200 valence electrons. The Hall–Kier alpha value is -3.01. The summed E-state index contributed by atoms with van der Waals surface area (Å²) in [6.07, 6.45) is -1.80. The van der Waals surface area contributed by atoms with Gasteiger partial charge in [0.1, 0.15) is 11.5 Å². The zero-order chi connectivity index (χ0) is 26.9. The molecule has 0 bridgehead atoms. The third-order valence-corrected chi connectivity index (χ3v) is 7.26. The van der Waals surface area contributed by atoms with Crippen LogP contribution in [0.25, 0.3) is 0 Å². The number of hydrogen-bond donors (Lipinski definition) is 0. The van der Waals surface area contributed by atoms with Gasteiger partial charge in [-0.3, -0.25) is 9.88 Å². The summed E-state index contributed by atoms with van der Waals surface area (Å²) in [4.78, 5) is 19.9. The van der Waals surface area contributed by atoms with Gasteiger partial charge in [0.25, 0.3) is 0 Å². The van der Waals surface area contributed by atoms with E-state index in [0.717, 1.165) is 50.3 Å². The average molecular weight is 566 g/mol. The number of halogens is 5. The minimum atomic E-state index is -4.55. The second-order valence-corrected chi connectivity index (χ2v) is 10.6. The summed E-state index contributed by atoms with van der Waals surface area (Å²) in [5, 5.41) is 1.00. The van der Waals surface area contributed by atoms with Gasteiger partial charge in [0, 0.05) is 49.0 Å². The number of amides is 1. The molecule has 5 rings (SSSR count). The molecule has 0 aliphatic carbocycles. The van der Waals surface area contributed by atoms with Gasteiger partial charge in [-0.15, -0.1) is 0 Å². The van der Waals surface area contributed by atoms with E-state index in [-0.39, 0.29) is 11.2 Å². The maximum absolute atomic E-state index is 12.9. The summed E-state index contributed by atoms with van der Waals surface area (Å²) in [7, 11) is 0. The monoisotopic (exact) mass is 565 g/mol. The molecule has 1 amide bonds. The van der Waals surface area contributed by atoms with Gasteiger partial charge < -0.3 is 14.4 Å². The van der Waals surface area contributed by atoms with Crippen LogP contribution in [0.2, 0.25) is 10.0 Å². The predicted octanol–water partition coefficient (Wildman–Crippen LogP) is 7.30. The lowest BCUT2D eigenvalue weighted by Crippen LogP contribution is -2.60. The fourth-order valence-electron chi connectivity index (χ4n) is 4.98. The molecular weight excluding hydrogens is 542 g/mol. The number of hydrogen-bond acceptors (Lipinski definition) is 5. The SMILES string of the molecule is O=C(Oc1cncc(C(F)(F)F)c1)N1CCC2(CC1)CN(Cc1cccc(Oc3cc(Cl)cc(Cl)c3)c1)C2. The zero-order valence-electron chi connectivity index (χ0n) is 20.2. The highest BCUT2D eigenvalue weighted by atomic mass is 35.5. The van der Waals surface area contributed by atoms with Crippen molar-refractivity contribution in [1.29, 1.82) is 0 Å². The molecular formula is C27H24Cl2F3N3O3. The van der Waals surface area contributed by atoms with E-state index in [4.69, 9.17) is 32.7 Å². The molecule has 6 nitrogen and oxygen atoms in total. The number of carbonyl (C=O) groups excluding carboxylic acids is 1. The van der Waals surface area contributed by atoms with Crippen LogP contribution in [0, 0.1) is 5.41 Å². The number of benzene rings is 2. The second kappa shape index (κ2) is 10.6. The first-order valence-corrected chi connectivity index (χ1v) is 12.8. The Labute approximate surface area is 227 Å². The minimum absolute atomic E-state index is 0.125. The fraction of sp³-hybridized carbons (Fsp3) is 0.333. The van der Waals surface area contributed by atoms with Crippen molar-refractivity contribution in [3.05, 3.63) is 82.1 Å². The highest BCUT2D eigenvalue weighted by Crippen LogP contribution is 2.41. The van der Waals surface area contributed by atoms with Gasteiger partial charge in [-0.1, -0.05) is 35.3 Å². The number of carbonyl (C=O) groups is 1. The maximum Gasteiger partial charge on any atom is 0.418 e. The van der Waals surface area contributed by atoms with Crippen LogP contribution < -0.4 is 9.47 Å². The fourth-order valence-corrected chi connectivity index (χ4v) is 5.48. The number of likely N-dealkylation sites (tertiary alicyclic amines) is 2. The lowest BCUT2D eigenvalue weighted by Gasteiger charge is -2.54. The van der Waals surface area contributed by atoms with Gasteiger partial charge in [0.2, 0.25) is 0 Å². The Balaban J connectivity index is 1.10. The molecule has 3 aromatic rings. The molecule has 3 heterocycles. The van der Waals surface area contributed by atoms with Crippen LogP contribution in [0.1, 0.15) is 24.0 Å². The Morgan fingerprint density at radius 1 is 0.947 bits per heavy atom. The first kappa shape index (κ1) is 26.6. The Bertz CT molecular complexity index is 1300. The van der Waals surface area contributed by atoms with Crippen molar-refractivity contribution in [2.75, 3.05) is 26.2 Å². The van der Waals surface area contributed by atoms with Crippen molar-refractivity contribution < 1.29 is 27.4 Å². The van der Waals surface area contributed by atoms with E-state index in [9.17, 15) is 18.0 Å². The first-order chi connectivity index (χ1) is 18.1. The lowest BCUT2D eigenvalue weighted by atomic mass is 9.72. The molecule has 11 heteroatoms. The van der Waals surface area contributed by atoms with Gasteiger partial charge in [-0.05, 0) is 60.2 Å². The second-order valence-electron chi connectivity index (χ2n) is 9.76. The molecule has 0 unspecified atom stereocenters. The van der Waals surface area contributed by atoms with E-state index in [2.05, 4.69) is 9.88 Å². The highest BCUT2D eigenvalue weighted by molar-refractivity contribution is 6.34. The molecule has 2 aliphatic rings. The van der Waals surface area contributed by atoms with Gasteiger partial charge >= 0.3 is 12.3 Å². The third-order valence-electron chi connectivity index (χ3n) is 6.82.